The molecule has 0 spiro atoms. The number of benzene rings is 2. The van der Waals surface area contributed by atoms with Crippen molar-refractivity contribution in [3.8, 4) is 11.3 Å². The first-order valence-electron chi connectivity index (χ1n) is 8.15. The first-order chi connectivity index (χ1) is 12.6. The summed E-state index contributed by atoms with van der Waals surface area (Å²) in [6.07, 6.45) is 2.52. The van der Waals surface area contributed by atoms with Gasteiger partial charge in [-0.15, -0.1) is 0 Å². The first-order valence-corrected chi connectivity index (χ1v) is 9.52. The van der Waals surface area contributed by atoms with Crippen LogP contribution in [0.4, 0.5) is 0 Å². The molecule has 0 atom stereocenters. The lowest BCUT2D eigenvalue weighted by Gasteiger charge is -2.05. The molecule has 0 saturated carbocycles. The van der Waals surface area contributed by atoms with Crippen molar-refractivity contribution in [1.82, 2.24) is 15.0 Å². The van der Waals surface area contributed by atoms with E-state index in [2.05, 4.69) is 10.3 Å². The maximum atomic E-state index is 12.0. The van der Waals surface area contributed by atoms with E-state index in [1.807, 2.05) is 54.6 Å². The Kier molecular flexibility index (Phi) is 6.20. The van der Waals surface area contributed by atoms with Gasteiger partial charge in [-0.2, -0.15) is 0 Å². The van der Waals surface area contributed by atoms with Gasteiger partial charge in [0.2, 0.25) is 5.91 Å². The molecular weight excluding hydrogens is 368 g/mol. The monoisotopic (exact) mass is 386 g/mol. The van der Waals surface area contributed by atoms with E-state index < -0.39 is 0 Å². The molecule has 0 unspecified atom stereocenters. The summed E-state index contributed by atoms with van der Waals surface area (Å²) in [5.74, 6) is 6.16. The van der Waals surface area contributed by atoms with E-state index in [1.165, 1.54) is 16.4 Å². The van der Waals surface area contributed by atoms with Gasteiger partial charge in [0.15, 0.2) is 5.16 Å². The van der Waals surface area contributed by atoms with E-state index in [1.54, 1.807) is 6.20 Å². The average molecular weight is 387 g/mol. The fourth-order valence-electron chi connectivity index (χ4n) is 2.41. The topological polar surface area (TPSA) is 72.9 Å². The SMILES string of the molecule is Nn1cc(-c2ccccc2)nc1SCC(=O)NCCc1ccc(Cl)cc1. The third-order valence-electron chi connectivity index (χ3n) is 3.75. The van der Waals surface area contributed by atoms with Crippen LogP contribution in [0.2, 0.25) is 5.02 Å². The lowest BCUT2D eigenvalue weighted by molar-refractivity contribution is -0.118. The van der Waals surface area contributed by atoms with E-state index in [9.17, 15) is 4.79 Å². The molecule has 0 aliphatic heterocycles. The second kappa shape index (κ2) is 8.78. The second-order valence-electron chi connectivity index (χ2n) is 5.70. The van der Waals surface area contributed by atoms with Crippen LogP contribution in [0.25, 0.3) is 11.3 Å². The Morgan fingerprint density at radius 3 is 2.62 bits per heavy atom. The van der Waals surface area contributed by atoms with Gasteiger partial charge in [0.05, 0.1) is 17.6 Å². The zero-order chi connectivity index (χ0) is 18.4. The zero-order valence-electron chi connectivity index (χ0n) is 14.1. The molecule has 3 rings (SSSR count). The highest BCUT2D eigenvalue weighted by atomic mass is 35.5. The molecule has 26 heavy (non-hydrogen) atoms. The van der Waals surface area contributed by atoms with Crippen molar-refractivity contribution in [2.75, 3.05) is 18.1 Å². The molecule has 0 fully saturated rings. The van der Waals surface area contributed by atoms with E-state index in [4.69, 9.17) is 17.4 Å². The number of hydrogen-bond donors (Lipinski definition) is 2. The maximum absolute atomic E-state index is 12.0. The van der Waals surface area contributed by atoms with Gasteiger partial charge in [-0.3, -0.25) is 4.79 Å². The molecule has 5 nitrogen and oxygen atoms in total. The van der Waals surface area contributed by atoms with Crippen molar-refractivity contribution in [3.05, 3.63) is 71.4 Å². The standard InChI is InChI=1S/C19H19ClN4OS/c20-16-8-6-14(7-9-16)10-11-22-18(25)13-26-19-23-17(12-24(19)21)15-4-2-1-3-5-15/h1-9,12H,10-11,13,21H2,(H,22,25). The highest BCUT2D eigenvalue weighted by Gasteiger charge is 2.10. The van der Waals surface area contributed by atoms with Gasteiger partial charge >= 0.3 is 0 Å². The third kappa shape index (κ3) is 5.03. The highest BCUT2D eigenvalue weighted by Crippen LogP contribution is 2.22. The molecular formula is C19H19ClN4OS. The third-order valence-corrected chi connectivity index (χ3v) is 4.97. The molecule has 1 heterocycles. The Balaban J connectivity index is 1.47. The van der Waals surface area contributed by atoms with Gasteiger partial charge in [0, 0.05) is 17.1 Å². The van der Waals surface area contributed by atoms with Gasteiger partial charge in [-0.05, 0) is 24.1 Å². The number of nitrogens with one attached hydrogen (secondary N) is 1. The Bertz CT molecular complexity index is 865. The molecule has 0 aliphatic rings. The maximum Gasteiger partial charge on any atom is 0.230 e. The summed E-state index contributed by atoms with van der Waals surface area (Å²) in [4.78, 5) is 16.5. The van der Waals surface area contributed by atoms with Crippen LogP contribution in [0.1, 0.15) is 5.56 Å². The number of nitrogens with zero attached hydrogens (tertiary/aromatic N) is 2. The van der Waals surface area contributed by atoms with Crippen molar-refractivity contribution < 1.29 is 4.79 Å². The second-order valence-corrected chi connectivity index (χ2v) is 7.08. The minimum atomic E-state index is -0.0479. The lowest BCUT2D eigenvalue weighted by Crippen LogP contribution is -2.27. The number of carbonyl (C=O) groups is 1. The number of carbonyl (C=O) groups excluding carboxylic acids is 1. The average Bonchev–Trinajstić information content (AvgIpc) is 3.03. The summed E-state index contributed by atoms with van der Waals surface area (Å²) in [5, 5.41) is 4.22. The summed E-state index contributed by atoms with van der Waals surface area (Å²) in [5.41, 5.74) is 2.91. The number of hydrogen-bond acceptors (Lipinski definition) is 4. The fraction of sp³-hybridized carbons (Fsp3) is 0.158. The molecule has 0 aliphatic carbocycles. The van der Waals surface area contributed by atoms with Crippen molar-refractivity contribution >= 4 is 29.3 Å². The Morgan fingerprint density at radius 1 is 1.15 bits per heavy atom. The van der Waals surface area contributed by atoms with Crippen LogP contribution >= 0.6 is 23.4 Å². The van der Waals surface area contributed by atoms with E-state index in [0.29, 0.717) is 16.7 Å². The van der Waals surface area contributed by atoms with Crippen LogP contribution in [-0.4, -0.2) is 27.9 Å². The number of halogens is 1. The number of nitrogen functional groups attached to an aromatic ring is 1. The Hall–Kier alpha value is -2.44. The van der Waals surface area contributed by atoms with Crippen LogP contribution < -0.4 is 11.2 Å². The number of imidazole rings is 1. The Labute approximate surface area is 161 Å². The van der Waals surface area contributed by atoms with Crippen LogP contribution in [0.15, 0.2) is 66.0 Å². The zero-order valence-corrected chi connectivity index (χ0v) is 15.6. The number of rotatable bonds is 7. The van der Waals surface area contributed by atoms with Crippen LogP contribution in [-0.2, 0) is 11.2 Å². The van der Waals surface area contributed by atoms with Crippen molar-refractivity contribution in [2.45, 2.75) is 11.6 Å². The minimum Gasteiger partial charge on any atom is -0.355 e. The predicted molar refractivity (Wildman–Crippen MR) is 107 cm³/mol. The fourth-order valence-corrected chi connectivity index (χ4v) is 3.26. The van der Waals surface area contributed by atoms with Crippen LogP contribution in [0.5, 0.6) is 0 Å². The van der Waals surface area contributed by atoms with E-state index in [0.717, 1.165) is 23.2 Å². The molecule has 2 aromatic carbocycles. The molecule has 0 bridgehead atoms. The van der Waals surface area contributed by atoms with Gasteiger partial charge in [-0.25, -0.2) is 9.66 Å². The summed E-state index contributed by atoms with van der Waals surface area (Å²) in [6, 6.07) is 17.4. The first kappa shape index (κ1) is 18.4. The summed E-state index contributed by atoms with van der Waals surface area (Å²) in [6.45, 7) is 0.577. The molecule has 7 heteroatoms. The van der Waals surface area contributed by atoms with Gasteiger partial charge in [0.25, 0.3) is 0 Å². The smallest absolute Gasteiger partial charge is 0.230 e. The minimum absolute atomic E-state index is 0.0479. The highest BCUT2D eigenvalue weighted by molar-refractivity contribution is 7.99. The van der Waals surface area contributed by atoms with Crippen molar-refractivity contribution in [1.29, 1.82) is 0 Å². The summed E-state index contributed by atoms with van der Waals surface area (Å²) in [7, 11) is 0. The largest absolute Gasteiger partial charge is 0.355 e. The van der Waals surface area contributed by atoms with Crippen molar-refractivity contribution in [2.24, 2.45) is 0 Å². The quantitative estimate of drug-likeness (QED) is 0.482. The molecule has 3 N–H and O–H groups in total. The van der Waals surface area contributed by atoms with Crippen molar-refractivity contribution in [3.63, 3.8) is 0 Å². The predicted octanol–water partition coefficient (Wildman–Crippen LogP) is 3.37. The Morgan fingerprint density at radius 2 is 1.88 bits per heavy atom. The molecule has 1 amide bonds. The van der Waals surface area contributed by atoms with Crippen LogP contribution in [0.3, 0.4) is 0 Å². The van der Waals surface area contributed by atoms with E-state index >= 15 is 0 Å². The number of aromatic nitrogens is 2. The van der Waals surface area contributed by atoms with Gasteiger partial charge in [-0.1, -0.05) is 65.8 Å². The molecule has 0 radical (unpaired) electrons. The van der Waals surface area contributed by atoms with E-state index in [-0.39, 0.29) is 11.7 Å². The number of nitrogens with two attached hydrogens (primary N) is 1. The summed E-state index contributed by atoms with van der Waals surface area (Å²) < 4.78 is 1.45. The molecule has 0 saturated heterocycles. The van der Waals surface area contributed by atoms with Gasteiger partial charge < -0.3 is 11.2 Å². The van der Waals surface area contributed by atoms with Crippen LogP contribution in [0, 0.1) is 0 Å². The summed E-state index contributed by atoms with van der Waals surface area (Å²) >= 11 is 7.17. The number of amides is 1. The van der Waals surface area contributed by atoms with Gasteiger partial charge in [0.1, 0.15) is 0 Å². The molecule has 1 aromatic heterocycles. The number of thioether (sulfide) groups is 1. The molecule has 3 aromatic rings. The lowest BCUT2D eigenvalue weighted by atomic mass is 10.1. The normalized spacial score (nSPS) is 10.7. The molecule has 134 valence electrons.